The van der Waals surface area contributed by atoms with Crippen molar-refractivity contribution in [2.24, 2.45) is 0 Å². The van der Waals surface area contributed by atoms with Crippen LogP contribution in [0.3, 0.4) is 0 Å². The normalized spacial score (nSPS) is 8.89. The minimum Gasteiger partial charge on any atom is -0.145 e. The highest BCUT2D eigenvalue weighted by Crippen LogP contribution is 2.14. The number of terminal acetylenes is 1. The molecular weight excluding hydrogens is 128 g/mol. The zero-order valence-corrected chi connectivity index (χ0v) is 6.16. The van der Waals surface area contributed by atoms with Crippen molar-refractivity contribution in [2.75, 3.05) is 0 Å². The lowest BCUT2D eigenvalue weighted by Crippen LogP contribution is -1.68. The number of rotatable bonds is 1. The molecule has 1 aromatic heterocycles. The third-order valence-electron chi connectivity index (χ3n) is 1.07. The lowest BCUT2D eigenvalue weighted by atomic mass is 10.3. The molecule has 1 heteroatoms. The van der Waals surface area contributed by atoms with Crippen molar-refractivity contribution < 1.29 is 0 Å². The first kappa shape index (κ1) is 6.38. The van der Waals surface area contributed by atoms with Gasteiger partial charge in [0.05, 0.1) is 0 Å². The van der Waals surface area contributed by atoms with Crippen molar-refractivity contribution in [3.63, 3.8) is 0 Å². The molecule has 0 saturated heterocycles. The maximum atomic E-state index is 5.13. The van der Waals surface area contributed by atoms with Crippen molar-refractivity contribution in [3.05, 3.63) is 21.9 Å². The molecule has 46 valence electrons. The van der Waals surface area contributed by atoms with Gasteiger partial charge in [0.25, 0.3) is 0 Å². The third kappa shape index (κ3) is 1.58. The summed E-state index contributed by atoms with van der Waals surface area (Å²) in [6, 6.07) is 4.18. The van der Waals surface area contributed by atoms with E-state index >= 15 is 0 Å². The Hall–Kier alpha value is -0.740. The average Bonchev–Trinajstić information content (AvgIpc) is 2.17. The Morgan fingerprint density at radius 1 is 1.67 bits per heavy atom. The van der Waals surface area contributed by atoms with Crippen LogP contribution in [0.2, 0.25) is 0 Å². The van der Waals surface area contributed by atoms with Crippen LogP contribution in [0.1, 0.15) is 9.75 Å². The van der Waals surface area contributed by atoms with E-state index in [-0.39, 0.29) is 0 Å². The fraction of sp³-hybridized carbons (Fsp3) is 0.250. The number of hydrogen-bond donors (Lipinski definition) is 0. The summed E-state index contributed by atoms with van der Waals surface area (Å²) in [4.78, 5) is 2.62. The second-order valence-electron chi connectivity index (χ2n) is 1.89. The van der Waals surface area contributed by atoms with Crippen LogP contribution in [0, 0.1) is 19.3 Å². The second kappa shape index (κ2) is 2.70. The van der Waals surface area contributed by atoms with Gasteiger partial charge >= 0.3 is 0 Å². The van der Waals surface area contributed by atoms with E-state index < -0.39 is 0 Å². The maximum absolute atomic E-state index is 5.13. The third-order valence-corrected chi connectivity index (χ3v) is 2.07. The number of aryl methyl sites for hydroxylation is 1. The molecule has 0 radical (unpaired) electrons. The quantitative estimate of drug-likeness (QED) is 0.519. The Kier molecular flexibility index (Phi) is 1.92. The molecule has 0 N–H and O–H groups in total. The molecule has 0 aliphatic rings. The van der Waals surface area contributed by atoms with E-state index in [1.54, 1.807) is 11.3 Å². The van der Waals surface area contributed by atoms with Crippen molar-refractivity contribution >= 4 is 11.3 Å². The molecule has 0 aliphatic heterocycles. The molecular formula is C8H8S. The maximum Gasteiger partial charge on any atom is 0.0432 e. The molecule has 0 fully saturated rings. The first-order valence-electron chi connectivity index (χ1n) is 2.81. The van der Waals surface area contributed by atoms with Gasteiger partial charge in [-0.3, -0.25) is 0 Å². The zero-order valence-electron chi connectivity index (χ0n) is 5.35. The molecule has 0 amide bonds. The molecule has 1 heterocycles. The molecule has 1 rings (SSSR count). The molecule has 0 bridgehead atoms. The predicted molar refractivity (Wildman–Crippen MR) is 41.6 cm³/mol. The van der Waals surface area contributed by atoms with Gasteiger partial charge in [-0.25, -0.2) is 0 Å². The molecule has 0 saturated carbocycles. The molecule has 0 aliphatic carbocycles. The first-order chi connectivity index (χ1) is 4.33. The van der Waals surface area contributed by atoms with E-state index in [1.165, 1.54) is 9.75 Å². The van der Waals surface area contributed by atoms with E-state index in [2.05, 4.69) is 25.0 Å². The Morgan fingerprint density at radius 2 is 2.44 bits per heavy atom. The van der Waals surface area contributed by atoms with Gasteiger partial charge in [0, 0.05) is 16.2 Å². The predicted octanol–water partition coefficient (Wildman–Crippen LogP) is 2.23. The smallest absolute Gasteiger partial charge is 0.0432 e. The summed E-state index contributed by atoms with van der Waals surface area (Å²) < 4.78 is 0. The van der Waals surface area contributed by atoms with Gasteiger partial charge in [-0.2, -0.15) is 0 Å². The summed E-state index contributed by atoms with van der Waals surface area (Å²) in [6.07, 6.45) is 5.90. The molecule has 0 spiro atoms. The topological polar surface area (TPSA) is 0 Å². The van der Waals surface area contributed by atoms with Crippen molar-refractivity contribution in [1.29, 1.82) is 0 Å². The van der Waals surface area contributed by atoms with Crippen LogP contribution in [-0.2, 0) is 6.42 Å². The number of thiophene rings is 1. The highest BCUT2D eigenvalue weighted by Gasteiger charge is 1.91. The van der Waals surface area contributed by atoms with E-state index in [1.807, 2.05) is 0 Å². The van der Waals surface area contributed by atoms with Crippen molar-refractivity contribution in [3.8, 4) is 12.3 Å². The van der Waals surface area contributed by atoms with Gasteiger partial charge in [0.15, 0.2) is 0 Å². The molecule has 9 heavy (non-hydrogen) atoms. The van der Waals surface area contributed by atoms with Crippen molar-refractivity contribution in [1.82, 2.24) is 0 Å². The number of hydrogen-bond acceptors (Lipinski definition) is 1. The van der Waals surface area contributed by atoms with Gasteiger partial charge in [0.2, 0.25) is 0 Å². The summed E-state index contributed by atoms with van der Waals surface area (Å²) in [5.41, 5.74) is 0. The van der Waals surface area contributed by atoms with Crippen LogP contribution in [0.5, 0.6) is 0 Å². The Labute approximate surface area is 59.5 Å². The standard InChI is InChI=1S/C8H8S/c1-3-4-8-6-5-7(2)9-8/h1,5-6H,4H2,2H3. The second-order valence-corrected chi connectivity index (χ2v) is 3.27. The van der Waals surface area contributed by atoms with Crippen LogP contribution in [0.25, 0.3) is 0 Å². The van der Waals surface area contributed by atoms with Gasteiger partial charge in [-0.05, 0) is 19.1 Å². The van der Waals surface area contributed by atoms with Crippen LogP contribution < -0.4 is 0 Å². The van der Waals surface area contributed by atoms with Crippen LogP contribution in [0.4, 0.5) is 0 Å². The highest BCUT2D eigenvalue weighted by atomic mass is 32.1. The Morgan fingerprint density at radius 3 is 2.89 bits per heavy atom. The van der Waals surface area contributed by atoms with Crippen molar-refractivity contribution in [2.45, 2.75) is 13.3 Å². The summed E-state index contributed by atoms with van der Waals surface area (Å²) in [6.45, 7) is 2.09. The molecule has 0 nitrogen and oxygen atoms in total. The fourth-order valence-electron chi connectivity index (χ4n) is 0.681. The summed E-state index contributed by atoms with van der Waals surface area (Å²) in [5, 5.41) is 0. The van der Waals surface area contributed by atoms with E-state index in [0.717, 1.165) is 6.42 Å². The van der Waals surface area contributed by atoms with Gasteiger partial charge < -0.3 is 0 Å². The highest BCUT2D eigenvalue weighted by molar-refractivity contribution is 7.11. The summed E-state index contributed by atoms with van der Waals surface area (Å²) in [7, 11) is 0. The Bertz CT molecular complexity index is 227. The summed E-state index contributed by atoms with van der Waals surface area (Å²) in [5.74, 6) is 2.61. The lowest BCUT2D eigenvalue weighted by molar-refractivity contribution is 1.41. The van der Waals surface area contributed by atoms with Crippen LogP contribution in [-0.4, -0.2) is 0 Å². The van der Waals surface area contributed by atoms with E-state index in [0.29, 0.717) is 0 Å². The molecule has 0 aromatic carbocycles. The minimum atomic E-state index is 0.776. The van der Waals surface area contributed by atoms with Gasteiger partial charge in [-0.1, -0.05) is 0 Å². The van der Waals surface area contributed by atoms with E-state index in [9.17, 15) is 0 Å². The lowest BCUT2D eigenvalue weighted by Gasteiger charge is -1.80. The van der Waals surface area contributed by atoms with Crippen LogP contribution in [0.15, 0.2) is 12.1 Å². The minimum absolute atomic E-state index is 0.776. The first-order valence-corrected chi connectivity index (χ1v) is 3.63. The zero-order chi connectivity index (χ0) is 6.69. The van der Waals surface area contributed by atoms with Gasteiger partial charge in [0.1, 0.15) is 0 Å². The average molecular weight is 136 g/mol. The largest absolute Gasteiger partial charge is 0.145 e. The summed E-state index contributed by atoms with van der Waals surface area (Å²) >= 11 is 1.77. The monoisotopic (exact) mass is 136 g/mol. The molecule has 0 unspecified atom stereocenters. The SMILES string of the molecule is C#CCc1ccc(C)s1. The Balaban J connectivity index is 2.76. The van der Waals surface area contributed by atoms with Gasteiger partial charge in [-0.15, -0.1) is 23.7 Å². The fourth-order valence-corrected chi connectivity index (χ4v) is 1.52. The molecule has 0 atom stereocenters. The van der Waals surface area contributed by atoms with Crippen LogP contribution >= 0.6 is 11.3 Å². The molecule has 1 aromatic rings. The van der Waals surface area contributed by atoms with E-state index in [4.69, 9.17) is 6.42 Å².